The van der Waals surface area contributed by atoms with Crippen molar-refractivity contribution in [2.75, 3.05) is 6.54 Å². The molecule has 4 heterocycles. The van der Waals surface area contributed by atoms with Gasteiger partial charge in [0.25, 0.3) is 5.56 Å². The van der Waals surface area contributed by atoms with Crippen LogP contribution in [-0.2, 0) is 37.3 Å². The van der Waals surface area contributed by atoms with E-state index in [1.165, 1.54) is 11.6 Å². The maximum absolute atomic E-state index is 14.5. The molecule has 0 fully saturated rings. The van der Waals surface area contributed by atoms with E-state index in [0.717, 1.165) is 58.0 Å². The molecule has 3 aromatic rings. The average Bonchev–Trinajstić information content (AvgIpc) is 2.97. The van der Waals surface area contributed by atoms with Crippen LogP contribution in [-0.4, -0.2) is 26.5 Å². The van der Waals surface area contributed by atoms with Gasteiger partial charge in [-0.3, -0.25) is 14.8 Å². The van der Waals surface area contributed by atoms with Crippen LogP contribution < -0.4 is 5.56 Å². The highest BCUT2D eigenvalue weighted by molar-refractivity contribution is 5.92. The zero-order valence-corrected chi connectivity index (χ0v) is 16.1. The van der Waals surface area contributed by atoms with Gasteiger partial charge in [-0.25, -0.2) is 9.37 Å². The van der Waals surface area contributed by atoms with Gasteiger partial charge in [0, 0.05) is 22.6 Å². The molecule has 0 amide bonds. The number of aryl methyl sites for hydroxylation is 2. The molecule has 0 unspecified atom stereocenters. The normalized spacial score (nSPS) is 17.8. The molecule has 7 heteroatoms. The third-order valence-electron chi connectivity index (χ3n) is 6.65. The first-order chi connectivity index (χ1) is 14.0. The molecule has 6 rings (SSSR count). The Morgan fingerprint density at radius 3 is 2.83 bits per heavy atom. The second kappa shape index (κ2) is 5.95. The first-order valence-corrected chi connectivity index (χ1v) is 10.0. The van der Waals surface area contributed by atoms with Crippen LogP contribution >= 0.6 is 0 Å². The van der Waals surface area contributed by atoms with E-state index in [2.05, 4.69) is 0 Å². The largest absolute Gasteiger partial charge is 0.302 e. The van der Waals surface area contributed by atoms with Crippen molar-refractivity contribution in [3.05, 3.63) is 61.7 Å². The Hall–Kier alpha value is -2.61. The number of benzene rings is 1. The number of hydrogen-bond acceptors (Lipinski definition) is 5. The maximum atomic E-state index is 14.5. The van der Waals surface area contributed by atoms with Gasteiger partial charge in [-0.1, -0.05) is 5.23 Å². The first-order valence-electron chi connectivity index (χ1n) is 10.0. The van der Waals surface area contributed by atoms with Crippen molar-refractivity contribution < 1.29 is 14.4 Å². The number of rotatable bonds is 0. The Balaban J connectivity index is 1.64. The lowest BCUT2D eigenvalue weighted by Crippen LogP contribution is -2.25. The smallest absolute Gasteiger partial charge is 0.257 e. The van der Waals surface area contributed by atoms with Crippen molar-refractivity contribution in [2.24, 2.45) is 0 Å². The fourth-order valence-electron chi connectivity index (χ4n) is 5.15. The molecule has 1 N–H and O–H groups in total. The minimum atomic E-state index is -0.217. The number of nitrogens with zero attached hydrogens (tertiary/aromatic N) is 3. The van der Waals surface area contributed by atoms with E-state index in [-0.39, 0.29) is 18.0 Å². The second-order valence-corrected chi connectivity index (χ2v) is 8.15. The van der Waals surface area contributed by atoms with Gasteiger partial charge in [-0.05, 0) is 60.9 Å². The minimum absolute atomic E-state index is 0.0537. The van der Waals surface area contributed by atoms with E-state index in [4.69, 9.17) is 9.82 Å². The Kier molecular flexibility index (Phi) is 3.54. The van der Waals surface area contributed by atoms with E-state index in [0.29, 0.717) is 36.2 Å². The molecular weight excluding hydrogens is 373 g/mol. The van der Waals surface area contributed by atoms with Crippen LogP contribution in [0.4, 0.5) is 4.39 Å². The molecule has 0 bridgehead atoms. The van der Waals surface area contributed by atoms with Gasteiger partial charge in [0.1, 0.15) is 12.4 Å². The average molecular weight is 393 g/mol. The molecule has 0 atom stereocenters. The van der Waals surface area contributed by atoms with E-state index in [9.17, 15) is 14.4 Å². The van der Waals surface area contributed by atoms with Crippen LogP contribution in [0.25, 0.3) is 22.3 Å². The number of hydrogen-bond donors (Lipinski definition) is 1. The molecule has 6 nitrogen and oxygen atoms in total. The number of fused-ring (bicyclic) bond motifs is 5. The SMILES string of the molecule is Cc1c(F)cc2nc3c(c4c2c1CCC4)Cn1c-3cc2c(c1=O)CON(O)CC2. The highest BCUT2D eigenvalue weighted by Crippen LogP contribution is 2.41. The Morgan fingerprint density at radius 2 is 1.97 bits per heavy atom. The van der Waals surface area contributed by atoms with Crippen molar-refractivity contribution in [1.29, 1.82) is 0 Å². The quantitative estimate of drug-likeness (QED) is 0.497. The third kappa shape index (κ3) is 2.32. The van der Waals surface area contributed by atoms with Crippen LogP contribution in [0.1, 0.15) is 39.8 Å². The molecule has 3 aliphatic rings. The maximum Gasteiger partial charge on any atom is 0.257 e. The topological polar surface area (TPSA) is 67.6 Å². The number of pyridine rings is 2. The van der Waals surface area contributed by atoms with Gasteiger partial charge in [0.15, 0.2) is 0 Å². The van der Waals surface area contributed by atoms with Crippen LogP contribution in [0, 0.1) is 12.7 Å². The summed E-state index contributed by atoms with van der Waals surface area (Å²) in [6.45, 7) is 2.67. The Morgan fingerprint density at radius 1 is 1.14 bits per heavy atom. The first kappa shape index (κ1) is 17.3. The van der Waals surface area contributed by atoms with Gasteiger partial charge in [-0.2, -0.15) is 0 Å². The van der Waals surface area contributed by atoms with Gasteiger partial charge < -0.3 is 4.57 Å². The molecule has 1 aliphatic carbocycles. The number of aromatic nitrogens is 2. The van der Waals surface area contributed by atoms with Crippen LogP contribution in [0.15, 0.2) is 16.9 Å². The number of hydroxylamine groups is 2. The molecule has 1 aromatic carbocycles. The molecule has 0 saturated carbocycles. The van der Waals surface area contributed by atoms with Crippen LogP contribution in [0.5, 0.6) is 0 Å². The zero-order chi connectivity index (χ0) is 19.9. The van der Waals surface area contributed by atoms with Gasteiger partial charge in [0.05, 0.1) is 30.0 Å². The molecule has 0 spiro atoms. The Bertz CT molecular complexity index is 1280. The zero-order valence-electron chi connectivity index (χ0n) is 16.1. The van der Waals surface area contributed by atoms with Crippen molar-refractivity contribution in [2.45, 2.75) is 45.8 Å². The molecule has 0 saturated heterocycles. The van der Waals surface area contributed by atoms with E-state index in [1.54, 1.807) is 4.57 Å². The van der Waals surface area contributed by atoms with Crippen LogP contribution in [0.3, 0.4) is 0 Å². The molecule has 2 aliphatic heterocycles. The van der Waals surface area contributed by atoms with Gasteiger partial charge in [0.2, 0.25) is 0 Å². The summed E-state index contributed by atoms with van der Waals surface area (Å²) in [4.78, 5) is 23.3. The fourth-order valence-corrected chi connectivity index (χ4v) is 5.15. The lowest BCUT2D eigenvalue weighted by atomic mass is 9.85. The highest BCUT2D eigenvalue weighted by Gasteiger charge is 2.31. The minimum Gasteiger partial charge on any atom is -0.302 e. The van der Waals surface area contributed by atoms with Crippen molar-refractivity contribution >= 4 is 10.9 Å². The van der Waals surface area contributed by atoms with Crippen molar-refractivity contribution in [1.82, 2.24) is 14.8 Å². The van der Waals surface area contributed by atoms with E-state index < -0.39 is 0 Å². The van der Waals surface area contributed by atoms with Crippen molar-refractivity contribution in [3.63, 3.8) is 0 Å². The summed E-state index contributed by atoms with van der Waals surface area (Å²) in [6.07, 6.45) is 3.28. The summed E-state index contributed by atoms with van der Waals surface area (Å²) in [5, 5.41) is 11.5. The third-order valence-corrected chi connectivity index (χ3v) is 6.65. The predicted octanol–water partition coefficient (Wildman–Crippen LogP) is 3.04. The molecule has 29 heavy (non-hydrogen) atoms. The lowest BCUT2D eigenvalue weighted by molar-refractivity contribution is -0.344. The highest BCUT2D eigenvalue weighted by atomic mass is 19.1. The van der Waals surface area contributed by atoms with E-state index in [1.807, 2.05) is 13.0 Å². The predicted molar refractivity (Wildman–Crippen MR) is 104 cm³/mol. The summed E-state index contributed by atoms with van der Waals surface area (Å²) in [5.41, 5.74) is 7.68. The summed E-state index contributed by atoms with van der Waals surface area (Å²) >= 11 is 0. The standard InChI is InChI=1S/C22H20FN3O3/c1-11-13-3-2-4-14-15-9-25-19(21(15)24-18(20(13)14)8-17(11)23)7-12-5-6-26(28)29-10-16(12)22(25)27/h7-8,28H,2-6,9-10H2,1H3. The second-order valence-electron chi connectivity index (χ2n) is 8.15. The summed E-state index contributed by atoms with van der Waals surface area (Å²) in [7, 11) is 0. The summed E-state index contributed by atoms with van der Waals surface area (Å²) < 4.78 is 16.3. The van der Waals surface area contributed by atoms with Crippen LogP contribution in [0.2, 0.25) is 0 Å². The summed E-state index contributed by atoms with van der Waals surface area (Å²) in [6, 6.07) is 3.52. The lowest BCUT2D eigenvalue weighted by Gasteiger charge is -2.21. The molecule has 0 radical (unpaired) electrons. The Labute approximate surface area is 166 Å². The molecular formula is C22H20FN3O3. The van der Waals surface area contributed by atoms with Gasteiger partial charge >= 0.3 is 0 Å². The monoisotopic (exact) mass is 393 g/mol. The molecule has 148 valence electrons. The number of halogens is 1. The molecule has 2 aromatic heterocycles. The van der Waals surface area contributed by atoms with Gasteiger partial charge in [-0.15, -0.1) is 0 Å². The van der Waals surface area contributed by atoms with E-state index >= 15 is 0 Å². The van der Waals surface area contributed by atoms with Crippen molar-refractivity contribution in [3.8, 4) is 11.4 Å². The fraction of sp³-hybridized carbons (Fsp3) is 0.364. The summed E-state index contributed by atoms with van der Waals surface area (Å²) in [5.74, 6) is -0.217.